The molecule has 6 nitrogen and oxygen atoms in total. The number of benzene rings is 1. The van der Waals surface area contributed by atoms with Gasteiger partial charge in [-0.3, -0.25) is 14.9 Å². The predicted molar refractivity (Wildman–Crippen MR) is 70.2 cm³/mol. The molecule has 1 aromatic carbocycles. The molecule has 20 heavy (non-hydrogen) atoms. The van der Waals surface area contributed by atoms with Crippen LogP contribution in [-0.2, 0) is 4.79 Å². The molecule has 1 atom stereocenters. The molecule has 1 unspecified atom stereocenters. The fraction of sp³-hybridized carbons (Fsp3) is 0.462. The van der Waals surface area contributed by atoms with E-state index in [4.69, 9.17) is 5.11 Å². The van der Waals surface area contributed by atoms with Crippen LogP contribution >= 0.6 is 0 Å². The lowest BCUT2D eigenvalue weighted by Crippen LogP contribution is -2.36. The standard InChI is InChI=1S/C13H15FN2O4/c14-10-3-4-11(12(7-10)16(19)20)15-5-1-2-9(8-15)6-13(17)18/h3-4,7,9H,1-2,5-6,8H2,(H,17,18). The van der Waals surface area contributed by atoms with Crippen molar-refractivity contribution in [1.82, 2.24) is 0 Å². The number of hydrogen-bond donors (Lipinski definition) is 1. The highest BCUT2D eigenvalue weighted by molar-refractivity contribution is 5.67. The second-order valence-corrected chi connectivity index (χ2v) is 4.94. The van der Waals surface area contributed by atoms with Crippen molar-refractivity contribution < 1.29 is 19.2 Å². The van der Waals surface area contributed by atoms with Gasteiger partial charge in [0.05, 0.1) is 11.0 Å². The number of carboxylic acids is 1. The third-order valence-corrected chi connectivity index (χ3v) is 3.46. The number of carboxylic acid groups (broad SMARTS) is 1. The Balaban J connectivity index is 2.22. The first-order valence-corrected chi connectivity index (χ1v) is 6.38. The second-order valence-electron chi connectivity index (χ2n) is 4.94. The summed E-state index contributed by atoms with van der Waals surface area (Å²) in [5.74, 6) is -1.56. The monoisotopic (exact) mass is 282 g/mol. The van der Waals surface area contributed by atoms with Gasteiger partial charge < -0.3 is 10.0 Å². The van der Waals surface area contributed by atoms with Crippen molar-refractivity contribution in [3.63, 3.8) is 0 Å². The molecule has 1 aromatic rings. The molecule has 1 saturated heterocycles. The van der Waals surface area contributed by atoms with E-state index in [-0.39, 0.29) is 18.0 Å². The van der Waals surface area contributed by atoms with Gasteiger partial charge in [0.25, 0.3) is 5.69 Å². The van der Waals surface area contributed by atoms with Gasteiger partial charge >= 0.3 is 5.97 Å². The van der Waals surface area contributed by atoms with Crippen LogP contribution in [0, 0.1) is 21.8 Å². The van der Waals surface area contributed by atoms with Gasteiger partial charge in [0.2, 0.25) is 0 Å². The molecule has 1 N–H and O–H groups in total. The Morgan fingerprint density at radius 1 is 1.55 bits per heavy atom. The maximum atomic E-state index is 13.1. The SMILES string of the molecule is O=C(O)CC1CCCN(c2ccc(F)cc2[N+](=O)[O-])C1. The summed E-state index contributed by atoms with van der Waals surface area (Å²) in [4.78, 5) is 22.9. The first kappa shape index (κ1) is 14.2. The van der Waals surface area contributed by atoms with E-state index in [0.29, 0.717) is 18.8 Å². The summed E-state index contributed by atoms with van der Waals surface area (Å²) in [6, 6.07) is 3.47. The Labute approximate surface area is 115 Å². The minimum absolute atomic E-state index is 0.0362. The van der Waals surface area contributed by atoms with Crippen LogP contribution in [0.15, 0.2) is 18.2 Å². The molecular weight excluding hydrogens is 267 g/mol. The molecule has 1 aliphatic heterocycles. The number of hydrogen-bond acceptors (Lipinski definition) is 4. The highest BCUT2D eigenvalue weighted by Gasteiger charge is 2.27. The lowest BCUT2D eigenvalue weighted by Gasteiger charge is -2.33. The van der Waals surface area contributed by atoms with Gasteiger partial charge in [-0.25, -0.2) is 4.39 Å². The number of piperidine rings is 1. The van der Waals surface area contributed by atoms with Crippen LogP contribution in [0.25, 0.3) is 0 Å². The number of nitro groups is 1. The number of aliphatic carboxylic acids is 1. The maximum Gasteiger partial charge on any atom is 0.303 e. The summed E-state index contributed by atoms with van der Waals surface area (Å²) in [6.45, 7) is 1.06. The van der Waals surface area contributed by atoms with E-state index < -0.39 is 16.7 Å². The van der Waals surface area contributed by atoms with Crippen LogP contribution in [-0.4, -0.2) is 29.1 Å². The number of nitro benzene ring substituents is 1. The number of halogens is 1. The van der Waals surface area contributed by atoms with Crippen LogP contribution < -0.4 is 4.90 Å². The lowest BCUT2D eigenvalue weighted by molar-refractivity contribution is -0.384. The van der Waals surface area contributed by atoms with Crippen LogP contribution in [0.1, 0.15) is 19.3 Å². The van der Waals surface area contributed by atoms with Crippen LogP contribution in [0.2, 0.25) is 0 Å². The van der Waals surface area contributed by atoms with Crippen LogP contribution in [0.5, 0.6) is 0 Å². The van der Waals surface area contributed by atoms with Gasteiger partial charge in [-0.05, 0) is 30.9 Å². The highest BCUT2D eigenvalue weighted by Crippen LogP contribution is 2.32. The molecular formula is C13H15FN2O4. The molecule has 7 heteroatoms. The molecule has 1 aliphatic rings. The number of carbonyl (C=O) groups is 1. The van der Waals surface area contributed by atoms with Gasteiger partial charge in [-0.1, -0.05) is 0 Å². The molecule has 0 aromatic heterocycles. The third kappa shape index (κ3) is 3.23. The Morgan fingerprint density at radius 2 is 2.30 bits per heavy atom. The number of rotatable bonds is 4. The average Bonchev–Trinajstić information content (AvgIpc) is 2.38. The molecule has 0 amide bonds. The van der Waals surface area contributed by atoms with Crippen molar-refractivity contribution in [2.24, 2.45) is 5.92 Å². The van der Waals surface area contributed by atoms with Gasteiger partial charge in [-0.2, -0.15) is 0 Å². The zero-order valence-corrected chi connectivity index (χ0v) is 10.8. The summed E-state index contributed by atoms with van der Waals surface area (Å²) in [7, 11) is 0. The smallest absolute Gasteiger partial charge is 0.303 e. The normalized spacial score (nSPS) is 18.9. The van der Waals surface area contributed by atoms with Crippen molar-refractivity contribution in [2.75, 3.05) is 18.0 Å². The summed E-state index contributed by atoms with van der Waals surface area (Å²) >= 11 is 0. The molecule has 1 fully saturated rings. The van der Waals surface area contributed by atoms with E-state index in [1.54, 1.807) is 4.90 Å². The first-order valence-electron chi connectivity index (χ1n) is 6.38. The summed E-state index contributed by atoms with van der Waals surface area (Å²) in [5, 5.41) is 19.8. The lowest BCUT2D eigenvalue weighted by atomic mass is 9.94. The quantitative estimate of drug-likeness (QED) is 0.677. The van der Waals surface area contributed by atoms with Crippen molar-refractivity contribution in [1.29, 1.82) is 0 Å². The Morgan fingerprint density at radius 3 is 2.95 bits per heavy atom. The van der Waals surface area contributed by atoms with Gasteiger partial charge in [0, 0.05) is 19.5 Å². The van der Waals surface area contributed by atoms with E-state index >= 15 is 0 Å². The maximum absolute atomic E-state index is 13.1. The molecule has 0 aliphatic carbocycles. The summed E-state index contributed by atoms with van der Waals surface area (Å²) < 4.78 is 13.1. The third-order valence-electron chi connectivity index (χ3n) is 3.46. The molecule has 0 bridgehead atoms. The summed E-state index contributed by atoms with van der Waals surface area (Å²) in [6.07, 6.45) is 1.61. The molecule has 1 heterocycles. The van der Waals surface area contributed by atoms with Gasteiger partial charge in [-0.15, -0.1) is 0 Å². The van der Waals surface area contributed by atoms with Crippen molar-refractivity contribution in [2.45, 2.75) is 19.3 Å². The Kier molecular flexibility index (Phi) is 4.16. The van der Waals surface area contributed by atoms with Crippen molar-refractivity contribution in [3.05, 3.63) is 34.1 Å². The van der Waals surface area contributed by atoms with Gasteiger partial charge in [0.15, 0.2) is 0 Å². The minimum Gasteiger partial charge on any atom is -0.481 e. The molecule has 2 rings (SSSR count). The topological polar surface area (TPSA) is 83.7 Å². The zero-order chi connectivity index (χ0) is 14.7. The van der Waals surface area contributed by atoms with Gasteiger partial charge in [0.1, 0.15) is 11.5 Å². The minimum atomic E-state index is -0.870. The van der Waals surface area contributed by atoms with E-state index in [0.717, 1.165) is 18.9 Å². The zero-order valence-electron chi connectivity index (χ0n) is 10.8. The average molecular weight is 282 g/mol. The fourth-order valence-corrected chi connectivity index (χ4v) is 2.61. The first-order chi connectivity index (χ1) is 9.47. The van der Waals surface area contributed by atoms with E-state index in [1.165, 1.54) is 12.1 Å². The Hall–Kier alpha value is -2.18. The van der Waals surface area contributed by atoms with E-state index in [9.17, 15) is 19.3 Å². The van der Waals surface area contributed by atoms with Crippen molar-refractivity contribution in [3.8, 4) is 0 Å². The largest absolute Gasteiger partial charge is 0.481 e. The highest BCUT2D eigenvalue weighted by atomic mass is 19.1. The predicted octanol–water partition coefficient (Wildman–Crippen LogP) is 2.43. The van der Waals surface area contributed by atoms with Crippen molar-refractivity contribution >= 4 is 17.3 Å². The Bertz CT molecular complexity index is 535. The second kappa shape index (κ2) is 5.85. The number of nitrogens with zero attached hydrogens (tertiary/aromatic N) is 2. The van der Waals surface area contributed by atoms with Crippen LogP contribution in [0.4, 0.5) is 15.8 Å². The van der Waals surface area contributed by atoms with E-state index in [1.807, 2.05) is 0 Å². The molecule has 0 radical (unpaired) electrons. The fourth-order valence-electron chi connectivity index (χ4n) is 2.61. The summed E-state index contributed by atoms with van der Waals surface area (Å²) in [5.41, 5.74) is 0.0764. The molecule has 0 spiro atoms. The van der Waals surface area contributed by atoms with Crippen LogP contribution in [0.3, 0.4) is 0 Å². The number of anilines is 1. The molecule has 108 valence electrons. The molecule has 0 saturated carbocycles. The van der Waals surface area contributed by atoms with E-state index in [2.05, 4.69) is 0 Å².